The highest BCUT2D eigenvalue weighted by molar-refractivity contribution is 7.85. The van der Waals surface area contributed by atoms with Crippen LogP contribution in [0.4, 0.5) is 0 Å². The van der Waals surface area contributed by atoms with Gasteiger partial charge < -0.3 is 5.32 Å². The molecule has 1 aromatic carbocycles. The largest absolute Gasteiger partial charge is 0.354 e. The summed E-state index contributed by atoms with van der Waals surface area (Å²) >= 11 is 0. The fraction of sp³-hybridized carbons (Fsp3) is 0.263. The molecule has 0 heterocycles. The fourth-order valence-electron chi connectivity index (χ4n) is 2.51. The van der Waals surface area contributed by atoms with E-state index >= 15 is 0 Å². The minimum atomic E-state index is -4.11. The molecule has 0 saturated carbocycles. The summed E-state index contributed by atoms with van der Waals surface area (Å²) in [4.78, 5) is 24.6. The van der Waals surface area contributed by atoms with Gasteiger partial charge in [-0.1, -0.05) is 54.6 Å². The van der Waals surface area contributed by atoms with Crippen molar-refractivity contribution in [3.63, 3.8) is 0 Å². The Hall–Kier alpha value is -2.51. The van der Waals surface area contributed by atoms with Crippen LogP contribution in [-0.4, -0.2) is 37.0 Å². The summed E-state index contributed by atoms with van der Waals surface area (Å²) in [5.74, 6) is -1.44. The molecule has 138 valence electrons. The van der Waals surface area contributed by atoms with E-state index in [1.54, 1.807) is 49.4 Å². The quantitative estimate of drug-likeness (QED) is 0.563. The molecule has 1 aliphatic rings. The Bertz CT molecular complexity index is 866. The third-order valence-electron chi connectivity index (χ3n) is 4.02. The number of carbonyl (C=O) groups is 2. The molecule has 1 atom stereocenters. The van der Waals surface area contributed by atoms with Crippen molar-refractivity contribution >= 4 is 21.8 Å². The molecule has 7 heteroatoms. The van der Waals surface area contributed by atoms with Crippen LogP contribution < -0.4 is 5.32 Å². The molecule has 1 unspecified atom stereocenters. The third kappa shape index (κ3) is 5.79. The average Bonchev–Trinajstić information content (AvgIpc) is 2.86. The lowest BCUT2D eigenvalue weighted by molar-refractivity contribution is -0.123. The van der Waals surface area contributed by atoms with Gasteiger partial charge in [0.05, 0.1) is 11.7 Å². The van der Waals surface area contributed by atoms with E-state index in [0.717, 1.165) is 5.57 Å². The number of allylic oxidation sites excluding steroid dienone is 5. The topological polar surface area (TPSA) is 101 Å². The molecule has 1 aliphatic carbocycles. The smallest absolute Gasteiger partial charge is 0.266 e. The summed E-state index contributed by atoms with van der Waals surface area (Å²) in [5, 5.41) is 2.48. The summed E-state index contributed by atoms with van der Waals surface area (Å²) in [6, 6.07) is 8.97. The lowest BCUT2D eigenvalue weighted by Crippen LogP contribution is -2.33. The highest BCUT2D eigenvalue weighted by Crippen LogP contribution is 2.21. The maximum atomic E-state index is 12.5. The van der Waals surface area contributed by atoms with Crippen LogP contribution in [0.1, 0.15) is 23.7 Å². The standard InChI is InChI=1S/C19H21NO5S/c1-14(19(22)20-12-13-26(23,24)25)15-8-5-9-17(11-10-15)18(21)16-6-3-2-4-7-16/h2-10,14H,11-13H2,1H3,(H,20,22)(H,23,24,25). The Morgan fingerprint density at radius 1 is 1.23 bits per heavy atom. The Morgan fingerprint density at radius 2 is 1.92 bits per heavy atom. The summed E-state index contributed by atoms with van der Waals surface area (Å²) in [7, 11) is -4.11. The van der Waals surface area contributed by atoms with Crippen LogP contribution in [0.2, 0.25) is 0 Å². The number of rotatable bonds is 7. The highest BCUT2D eigenvalue weighted by atomic mass is 32.2. The number of amides is 1. The van der Waals surface area contributed by atoms with Crippen molar-refractivity contribution in [2.24, 2.45) is 5.92 Å². The van der Waals surface area contributed by atoms with Crippen LogP contribution in [0.15, 0.2) is 65.8 Å². The first-order valence-electron chi connectivity index (χ1n) is 8.18. The van der Waals surface area contributed by atoms with Gasteiger partial charge in [0, 0.05) is 17.7 Å². The maximum Gasteiger partial charge on any atom is 0.266 e. The number of hydrogen-bond acceptors (Lipinski definition) is 4. The van der Waals surface area contributed by atoms with Crippen molar-refractivity contribution in [1.82, 2.24) is 5.32 Å². The minimum Gasteiger partial charge on any atom is -0.354 e. The number of ketones is 1. The van der Waals surface area contributed by atoms with E-state index in [-0.39, 0.29) is 18.2 Å². The van der Waals surface area contributed by atoms with Gasteiger partial charge in [-0.2, -0.15) is 8.42 Å². The number of nitrogens with one attached hydrogen (secondary N) is 1. The molecule has 26 heavy (non-hydrogen) atoms. The van der Waals surface area contributed by atoms with Crippen molar-refractivity contribution < 1.29 is 22.6 Å². The Labute approximate surface area is 153 Å². The van der Waals surface area contributed by atoms with Gasteiger partial charge in [-0.05, 0) is 18.9 Å². The molecule has 0 saturated heterocycles. The molecule has 1 aromatic rings. The molecule has 0 aromatic heterocycles. The van der Waals surface area contributed by atoms with Gasteiger partial charge in [0.25, 0.3) is 10.1 Å². The van der Waals surface area contributed by atoms with Crippen LogP contribution in [0.5, 0.6) is 0 Å². The van der Waals surface area contributed by atoms with Crippen molar-refractivity contribution in [2.45, 2.75) is 13.3 Å². The molecule has 0 radical (unpaired) electrons. The second-order valence-electron chi connectivity index (χ2n) is 5.95. The second-order valence-corrected chi connectivity index (χ2v) is 7.53. The number of benzene rings is 1. The first kappa shape index (κ1) is 19.8. The summed E-state index contributed by atoms with van der Waals surface area (Å²) in [5.41, 5.74) is 1.97. The van der Waals surface area contributed by atoms with E-state index in [1.807, 2.05) is 12.1 Å². The summed E-state index contributed by atoms with van der Waals surface area (Å²) in [6.45, 7) is 1.54. The normalized spacial score (nSPS) is 15.5. The van der Waals surface area contributed by atoms with Gasteiger partial charge in [0.2, 0.25) is 5.91 Å². The van der Waals surface area contributed by atoms with Crippen LogP contribution >= 0.6 is 0 Å². The maximum absolute atomic E-state index is 12.5. The Kier molecular flexibility index (Phi) is 6.65. The predicted molar refractivity (Wildman–Crippen MR) is 99.3 cm³/mol. The van der Waals surface area contributed by atoms with Gasteiger partial charge in [-0.15, -0.1) is 0 Å². The van der Waals surface area contributed by atoms with E-state index in [2.05, 4.69) is 5.32 Å². The van der Waals surface area contributed by atoms with Crippen LogP contribution in [0.25, 0.3) is 0 Å². The van der Waals surface area contributed by atoms with E-state index in [0.29, 0.717) is 17.6 Å². The van der Waals surface area contributed by atoms with Gasteiger partial charge >= 0.3 is 0 Å². The second kappa shape index (κ2) is 8.73. The zero-order chi connectivity index (χ0) is 19.2. The molecule has 0 spiro atoms. The lowest BCUT2D eigenvalue weighted by Gasteiger charge is -2.13. The van der Waals surface area contributed by atoms with Gasteiger partial charge in [0.15, 0.2) is 5.78 Å². The fourth-order valence-corrected chi connectivity index (χ4v) is 2.87. The minimum absolute atomic E-state index is 0.0574. The predicted octanol–water partition coefficient (Wildman–Crippen LogP) is 2.32. The molecule has 1 amide bonds. The Morgan fingerprint density at radius 3 is 2.58 bits per heavy atom. The first-order valence-corrected chi connectivity index (χ1v) is 9.79. The van der Waals surface area contributed by atoms with E-state index in [1.165, 1.54) is 0 Å². The molecule has 0 fully saturated rings. The number of Topliss-reactive ketones (excluding diaryl/α,β-unsaturated/α-hetero) is 1. The van der Waals surface area contributed by atoms with Gasteiger partial charge in [-0.25, -0.2) is 0 Å². The third-order valence-corrected chi connectivity index (χ3v) is 4.74. The van der Waals surface area contributed by atoms with Crippen LogP contribution in [0.3, 0.4) is 0 Å². The molecule has 0 aliphatic heterocycles. The van der Waals surface area contributed by atoms with Crippen molar-refractivity contribution in [1.29, 1.82) is 0 Å². The van der Waals surface area contributed by atoms with E-state index in [9.17, 15) is 18.0 Å². The molecular weight excluding hydrogens is 354 g/mol. The zero-order valence-corrected chi connectivity index (χ0v) is 15.2. The van der Waals surface area contributed by atoms with Crippen molar-refractivity contribution in [2.75, 3.05) is 12.3 Å². The van der Waals surface area contributed by atoms with E-state index < -0.39 is 21.8 Å². The van der Waals surface area contributed by atoms with Crippen LogP contribution in [-0.2, 0) is 14.9 Å². The first-order chi connectivity index (χ1) is 12.3. The summed E-state index contributed by atoms with van der Waals surface area (Å²) in [6.07, 6.45) is 7.46. The zero-order valence-electron chi connectivity index (χ0n) is 14.4. The molecule has 2 N–H and O–H groups in total. The number of hydrogen-bond donors (Lipinski definition) is 2. The van der Waals surface area contributed by atoms with Gasteiger partial charge in [0.1, 0.15) is 0 Å². The van der Waals surface area contributed by atoms with E-state index in [4.69, 9.17) is 4.55 Å². The highest BCUT2D eigenvalue weighted by Gasteiger charge is 2.19. The van der Waals surface area contributed by atoms with Crippen molar-refractivity contribution in [3.8, 4) is 0 Å². The summed E-state index contributed by atoms with van der Waals surface area (Å²) < 4.78 is 30.1. The lowest BCUT2D eigenvalue weighted by atomic mass is 9.97. The number of carbonyl (C=O) groups excluding carboxylic acids is 2. The average molecular weight is 375 g/mol. The van der Waals surface area contributed by atoms with Gasteiger partial charge in [-0.3, -0.25) is 14.1 Å². The molecule has 6 nitrogen and oxygen atoms in total. The van der Waals surface area contributed by atoms with Crippen LogP contribution in [0, 0.1) is 5.92 Å². The molecule has 0 bridgehead atoms. The molecular formula is C19H21NO5S. The monoisotopic (exact) mass is 375 g/mol. The van der Waals surface area contributed by atoms with Crippen molar-refractivity contribution in [3.05, 3.63) is 71.3 Å². The Balaban J connectivity index is 1.99. The molecule has 2 rings (SSSR count). The SMILES string of the molecule is CC(C(=O)NCCS(=O)(=O)O)C1=CCC(C(=O)c2ccccc2)=CC=C1.